The zero-order valence-electron chi connectivity index (χ0n) is 16.7. The molecule has 2 aromatic carbocycles. The Morgan fingerprint density at radius 1 is 1.21 bits per heavy atom. The maximum atomic E-state index is 12.4. The number of anilines is 3. The molecule has 1 amide bonds. The number of thiazole rings is 1. The van der Waals surface area contributed by atoms with Gasteiger partial charge < -0.3 is 5.32 Å². The fourth-order valence-corrected chi connectivity index (χ4v) is 4.19. The van der Waals surface area contributed by atoms with Crippen molar-refractivity contribution in [1.82, 2.24) is 4.98 Å². The van der Waals surface area contributed by atoms with Crippen molar-refractivity contribution < 1.29 is 9.72 Å². The molecule has 1 aromatic heterocycles. The molecule has 29 heavy (non-hydrogen) atoms. The zero-order valence-corrected chi connectivity index (χ0v) is 17.5. The molecule has 3 rings (SSSR count). The lowest BCUT2D eigenvalue weighted by atomic mass is 10.0. The number of aromatic nitrogens is 1. The first-order chi connectivity index (χ1) is 13.8. The average Bonchev–Trinajstić information content (AvgIpc) is 3.11. The number of amides is 1. The Balaban J connectivity index is 1.83. The third-order valence-electron chi connectivity index (χ3n) is 4.44. The van der Waals surface area contributed by atoms with Gasteiger partial charge in [-0.05, 0) is 38.0 Å². The lowest BCUT2D eigenvalue weighted by Crippen LogP contribution is -2.24. The van der Waals surface area contributed by atoms with E-state index < -0.39 is 4.92 Å². The Bertz CT molecular complexity index is 1050. The van der Waals surface area contributed by atoms with Gasteiger partial charge in [-0.2, -0.15) is 0 Å². The van der Waals surface area contributed by atoms with Crippen molar-refractivity contribution in [2.45, 2.75) is 34.2 Å². The fraction of sp³-hybridized carbons (Fsp3) is 0.238. The normalized spacial score (nSPS) is 10.6. The van der Waals surface area contributed by atoms with Crippen molar-refractivity contribution in [2.24, 2.45) is 0 Å². The number of nitro benzene ring substituents is 1. The molecule has 0 aliphatic carbocycles. The molecule has 8 heteroatoms. The predicted molar refractivity (Wildman–Crippen MR) is 116 cm³/mol. The number of carbonyl (C=O) groups is 1. The van der Waals surface area contributed by atoms with Crippen LogP contribution in [-0.2, 0) is 11.3 Å². The number of nitro groups is 1. The molecule has 0 fully saturated rings. The Kier molecular flexibility index (Phi) is 5.93. The first-order valence-corrected chi connectivity index (χ1v) is 9.95. The molecule has 1 N–H and O–H groups in total. The first-order valence-electron chi connectivity index (χ1n) is 9.07. The number of carbonyl (C=O) groups excluding carboxylic acids is 1. The molecule has 0 atom stereocenters. The zero-order chi connectivity index (χ0) is 21.1. The molecule has 3 aromatic rings. The van der Waals surface area contributed by atoms with Crippen LogP contribution in [0.25, 0.3) is 0 Å². The molecule has 1 heterocycles. The second-order valence-corrected chi connectivity index (χ2v) is 7.72. The van der Waals surface area contributed by atoms with E-state index in [4.69, 9.17) is 0 Å². The van der Waals surface area contributed by atoms with Crippen LogP contribution in [0.5, 0.6) is 0 Å². The van der Waals surface area contributed by atoms with Gasteiger partial charge in [0.25, 0.3) is 5.69 Å². The Labute approximate surface area is 173 Å². The second-order valence-electron chi connectivity index (χ2n) is 6.88. The summed E-state index contributed by atoms with van der Waals surface area (Å²) in [6.45, 7) is 7.94. The molecule has 0 unspecified atom stereocenters. The Morgan fingerprint density at radius 2 is 1.90 bits per heavy atom. The minimum Gasteiger partial charge on any atom is -0.379 e. The van der Waals surface area contributed by atoms with Crippen molar-refractivity contribution in [3.05, 3.63) is 74.3 Å². The molecule has 150 valence electrons. The third-order valence-corrected chi connectivity index (χ3v) is 5.31. The van der Waals surface area contributed by atoms with Crippen LogP contribution < -0.4 is 10.2 Å². The van der Waals surface area contributed by atoms with Crippen LogP contribution in [0.4, 0.5) is 22.2 Å². The van der Waals surface area contributed by atoms with Crippen molar-refractivity contribution in [2.75, 3.05) is 10.2 Å². The summed E-state index contributed by atoms with van der Waals surface area (Å²) in [6, 6.07) is 10.4. The summed E-state index contributed by atoms with van der Waals surface area (Å²) in [5.41, 5.74) is 5.46. The van der Waals surface area contributed by atoms with E-state index in [1.807, 2.05) is 26.2 Å². The summed E-state index contributed by atoms with van der Waals surface area (Å²) in [5, 5.41) is 16.5. The lowest BCUT2D eigenvalue weighted by Gasteiger charge is -2.23. The molecule has 0 aliphatic heterocycles. The van der Waals surface area contributed by atoms with E-state index in [0.29, 0.717) is 17.4 Å². The molecule has 0 aliphatic rings. The van der Waals surface area contributed by atoms with Crippen LogP contribution >= 0.6 is 11.3 Å². The summed E-state index contributed by atoms with van der Waals surface area (Å²) >= 11 is 1.39. The molecule has 0 bridgehead atoms. The van der Waals surface area contributed by atoms with Gasteiger partial charge in [-0.1, -0.05) is 23.8 Å². The van der Waals surface area contributed by atoms with Gasteiger partial charge in [0, 0.05) is 30.1 Å². The smallest absolute Gasteiger partial charge is 0.271 e. The van der Waals surface area contributed by atoms with Gasteiger partial charge in [-0.3, -0.25) is 19.8 Å². The van der Waals surface area contributed by atoms with E-state index in [9.17, 15) is 14.9 Å². The summed E-state index contributed by atoms with van der Waals surface area (Å²) in [7, 11) is 0. The second kappa shape index (κ2) is 8.40. The van der Waals surface area contributed by atoms with Crippen LogP contribution in [0.15, 0.2) is 41.8 Å². The van der Waals surface area contributed by atoms with Gasteiger partial charge in [-0.15, -0.1) is 11.3 Å². The topological polar surface area (TPSA) is 88.4 Å². The number of nitrogens with one attached hydrogen (secondary N) is 1. The van der Waals surface area contributed by atoms with E-state index in [1.165, 1.54) is 30.4 Å². The highest BCUT2D eigenvalue weighted by Gasteiger charge is 2.21. The number of aryl methyl sites for hydroxylation is 3. The lowest BCUT2D eigenvalue weighted by molar-refractivity contribution is -0.384. The van der Waals surface area contributed by atoms with Crippen molar-refractivity contribution in [3.8, 4) is 0 Å². The molecule has 0 saturated heterocycles. The molecule has 7 nitrogen and oxygen atoms in total. The maximum absolute atomic E-state index is 12.4. The molecular weight excluding hydrogens is 388 g/mol. The standard InChI is InChI=1S/C21H22N4O3S/c1-13-8-14(2)20(15(3)9-13)24(16(4)26)21-23-18(12-29-21)11-22-17-6-5-7-19(10-17)25(27)28/h5-10,12,22H,11H2,1-4H3. The van der Waals surface area contributed by atoms with Crippen molar-refractivity contribution >= 4 is 39.4 Å². The third kappa shape index (κ3) is 4.60. The molecule has 0 spiro atoms. The summed E-state index contributed by atoms with van der Waals surface area (Å²) in [4.78, 5) is 29.2. The van der Waals surface area contributed by atoms with Gasteiger partial charge in [0.1, 0.15) is 0 Å². The highest BCUT2D eigenvalue weighted by molar-refractivity contribution is 7.14. The highest BCUT2D eigenvalue weighted by Crippen LogP contribution is 2.34. The molecule has 0 radical (unpaired) electrons. The largest absolute Gasteiger partial charge is 0.379 e. The van der Waals surface area contributed by atoms with E-state index in [1.54, 1.807) is 17.0 Å². The Hall–Kier alpha value is -3.26. The van der Waals surface area contributed by atoms with Crippen molar-refractivity contribution in [1.29, 1.82) is 0 Å². The summed E-state index contributed by atoms with van der Waals surface area (Å²) in [5.74, 6) is -0.104. The van der Waals surface area contributed by atoms with Crippen LogP contribution in [0, 0.1) is 30.9 Å². The fourth-order valence-electron chi connectivity index (χ4n) is 3.32. The number of rotatable bonds is 6. The van der Waals surface area contributed by atoms with Gasteiger partial charge >= 0.3 is 0 Å². The average molecular weight is 410 g/mol. The number of hydrogen-bond donors (Lipinski definition) is 1. The minimum atomic E-state index is -0.427. The predicted octanol–water partition coefficient (Wildman–Crippen LogP) is 5.27. The maximum Gasteiger partial charge on any atom is 0.271 e. The number of hydrogen-bond acceptors (Lipinski definition) is 6. The number of benzene rings is 2. The Morgan fingerprint density at radius 3 is 2.52 bits per heavy atom. The van der Waals surface area contributed by atoms with Gasteiger partial charge in [0.2, 0.25) is 5.91 Å². The minimum absolute atomic E-state index is 0.0297. The first kappa shape index (κ1) is 20.5. The van der Waals surface area contributed by atoms with Crippen LogP contribution in [0.2, 0.25) is 0 Å². The van der Waals surface area contributed by atoms with Gasteiger partial charge in [0.15, 0.2) is 5.13 Å². The van der Waals surface area contributed by atoms with E-state index >= 15 is 0 Å². The van der Waals surface area contributed by atoms with Crippen LogP contribution in [0.1, 0.15) is 29.3 Å². The molecular formula is C21H22N4O3S. The van der Waals surface area contributed by atoms with Gasteiger partial charge in [0.05, 0.1) is 22.8 Å². The number of non-ortho nitro benzene ring substituents is 1. The van der Waals surface area contributed by atoms with E-state index in [0.717, 1.165) is 28.1 Å². The van der Waals surface area contributed by atoms with Crippen molar-refractivity contribution in [3.63, 3.8) is 0 Å². The van der Waals surface area contributed by atoms with E-state index in [-0.39, 0.29) is 11.6 Å². The molecule has 0 saturated carbocycles. The number of nitrogens with zero attached hydrogens (tertiary/aromatic N) is 3. The van der Waals surface area contributed by atoms with Crippen LogP contribution in [0.3, 0.4) is 0 Å². The quantitative estimate of drug-likeness (QED) is 0.441. The summed E-state index contributed by atoms with van der Waals surface area (Å²) < 4.78 is 0. The van der Waals surface area contributed by atoms with Crippen LogP contribution in [-0.4, -0.2) is 15.8 Å². The monoisotopic (exact) mass is 410 g/mol. The SMILES string of the molecule is CC(=O)N(c1nc(CNc2cccc([N+](=O)[O-])c2)cs1)c1c(C)cc(C)cc1C. The highest BCUT2D eigenvalue weighted by atomic mass is 32.1. The van der Waals surface area contributed by atoms with E-state index in [2.05, 4.69) is 22.4 Å². The van der Waals surface area contributed by atoms with Gasteiger partial charge in [-0.25, -0.2) is 4.98 Å². The summed E-state index contributed by atoms with van der Waals surface area (Å²) in [6.07, 6.45) is 0.